The van der Waals surface area contributed by atoms with Gasteiger partial charge in [-0.1, -0.05) is 18.2 Å². The summed E-state index contributed by atoms with van der Waals surface area (Å²) in [6.07, 6.45) is 0. The first kappa shape index (κ1) is 17.4. The van der Waals surface area contributed by atoms with Gasteiger partial charge < -0.3 is 10.2 Å². The van der Waals surface area contributed by atoms with E-state index in [0.717, 1.165) is 37.3 Å². The highest BCUT2D eigenvalue weighted by Gasteiger charge is 2.17. The predicted molar refractivity (Wildman–Crippen MR) is 106 cm³/mol. The lowest BCUT2D eigenvalue weighted by molar-refractivity contribution is 0.0736. The normalized spacial score (nSPS) is 14.5. The summed E-state index contributed by atoms with van der Waals surface area (Å²) < 4.78 is 1.55. The zero-order chi connectivity index (χ0) is 19.0. The molecule has 1 aliphatic heterocycles. The number of rotatable bonds is 2. The van der Waals surface area contributed by atoms with Gasteiger partial charge in [0.1, 0.15) is 5.82 Å². The fourth-order valence-electron chi connectivity index (χ4n) is 3.42. The van der Waals surface area contributed by atoms with Crippen LogP contribution in [0, 0.1) is 6.92 Å². The lowest BCUT2D eigenvalue weighted by Crippen LogP contribution is -2.46. The summed E-state index contributed by atoms with van der Waals surface area (Å²) in [4.78, 5) is 31.3. The Morgan fingerprint density at radius 2 is 1.70 bits per heavy atom. The average molecular weight is 362 g/mol. The molecule has 0 bridgehead atoms. The van der Waals surface area contributed by atoms with E-state index < -0.39 is 0 Å². The lowest BCUT2D eigenvalue weighted by atomic mass is 10.0. The molecule has 6 heteroatoms. The molecule has 0 spiro atoms. The van der Waals surface area contributed by atoms with Crippen molar-refractivity contribution in [2.45, 2.75) is 6.92 Å². The van der Waals surface area contributed by atoms with E-state index in [1.165, 1.54) is 0 Å². The van der Waals surface area contributed by atoms with Gasteiger partial charge in [-0.3, -0.25) is 14.2 Å². The molecule has 0 atom stereocenters. The van der Waals surface area contributed by atoms with Crippen LogP contribution in [0.4, 0.5) is 0 Å². The highest BCUT2D eigenvalue weighted by Crippen LogP contribution is 2.23. The van der Waals surface area contributed by atoms with Crippen LogP contribution >= 0.6 is 0 Å². The van der Waals surface area contributed by atoms with Crippen molar-refractivity contribution in [2.75, 3.05) is 26.2 Å². The first-order valence-electron chi connectivity index (χ1n) is 9.12. The van der Waals surface area contributed by atoms with Crippen molar-refractivity contribution in [2.24, 2.45) is 7.05 Å². The number of aryl methyl sites for hydroxylation is 1. The van der Waals surface area contributed by atoms with Crippen LogP contribution in [0.3, 0.4) is 0 Å². The van der Waals surface area contributed by atoms with Crippen molar-refractivity contribution in [3.8, 4) is 11.1 Å². The standard InChI is InChI=1S/C21H22N4O2/c1-14-23-19-13-17(7-8-18(19)21(27)24(14)2)15-3-5-16(6-4-15)20(26)25-11-9-22-10-12-25/h3-8,13,22H,9-12H2,1-2H3. The Labute approximate surface area is 157 Å². The number of carbonyl (C=O) groups excluding carboxylic acids is 1. The number of carbonyl (C=O) groups is 1. The number of amides is 1. The number of benzene rings is 2. The molecule has 4 rings (SSSR count). The van der Waals surface area contributed by atoms with E-state index in [1.54, 1.807) is 11.6 Å². The van der Waals surface area contributed by atoms with Gasteiger partial charge >= 0.3 is 0 Å². The molecule has 1 aliphatic rings. The monoisotopic (exact) mass is 362 g/mol. The Bertz CT molecular complexity index is 1060. The highest BCUT2D eigenvalue weighted by atomic mass is 16.2. The van der Waals surface area contributed by atoms with Crippen LogP contribution in [0.25, 0.3) is 22.0 Å². The van der Waals surface area contributed by atoms with E-state index in [9.17, 15) is 9.59 Å². The van der Waals surface area contributed by atoms with E-state index in [1.807, 2.05) is 54.3 Å². The van der Waals surface area contributed by atoms with E-state index >= 15 is 0 Å². The molecular weight excluding hydrogens is 340 g/mol. The summed E-state index contributed by atoms with van der Waals surface area (Å²) in [5.74, 6) is 0.754. The van der Waals surface area contributed by atoms with Crippen LogP contribution in [0.1, 0.15) is 16.2 Å². The molecule has 1 fully saturated rings. The molecule has 3 aromatic rings. The molecule has 138 valence electrons. The second-order valence-electron chi connectivity index (χ2n) is 6.87. The van der Waals surface area contributed by atoms with Crippen molar-refractivity contribution in [3.05, 3.63) is 64.2 Å². The van der Waals surface area contributed by atoms with Gasteiger partial charge in [0.2, 0.25) is 0 Å². The number of aromatic nitrogens is 2. The van der Waals surface area contributed by atoms with Gasteiger partial charge in [0.25, 0.3) is 11.5 Å². The van der Waals surface area contributed by atoms with Gasteiger partial charge in [0, 0.05) is 38.8 Å². The van der Waals surface area contributed by atoms with Crippen LogP contribution in [-0.4, -0.2) is 46.5 Å². The van der Waals surface area contributed by atoms with Crippen molar-refractivity contribution in [1.29, 1.82) is 0 Å². The molecule has 1 amide bonds. The molecule has 1 N–H and O–H groups in total. The van der Waals surface area contributed by atoms with Gasteiger partial charge in [-0.05, 0) is 42.3 Å². The zero-order valence-corrected chi connectivity index (χ0v) is 15.5. The Morgan fingerprint density at radius 1 is 1.04 bits per heavy atom. The third-order valence-electron chi connectivity index (χ3n) is 5.17. The van der Waals surface area contributed by atoms with Gasteiger partial charge in [-0.2, -0.15) is 0 Å². The molecule has 1 aromatic heterocycles. The fraction of sp³-hybridized carbons (Fsp3) is 0.286. The van der Waals surface area contributed by atoms with E-state index in [0.29, 0.717) is 22.3 Å². The molecule has 0 saturated carbocycles. The quantitative estimate of drug-likeness (QED) is 0.757. The number of fused-ring (bicyclic) bond motifs is 1. The average Bonchev–Trinajstić information content (AvgIpc) is 2.72. The summed E-state index contributed by atoms with van der Waals surface area (Å²) in [7, 11) is 1.73. The third kappa shape index (κ3) is 3.24. The second-order valence-corrected chi connectivity index (χ2v) is 6.87. The maximum Gasteiger partial charge on any atom is 0.261 e. The fourth-order valence-corrected chi connectivity index (χ4v) is 3.42. The first-order chi connectivity index (χ1) is 13.0. The van der Waals surface area contributed by atoms with Crippen LogP contribution in [0.5, 0.6) is 0 Å². The van der Waals surface area contributed by atoms with Gasteiger partial charge in [0.05, 0.1) is 10.9 Å². The van der Waals surface area contributed by atoms with E-state index in [4.69, 9.17) is 0 Å². The maximum atomic E-state index is 12.6. The minimum Gasteiger partial charge on any atom is -0.336 e. The van der Waals surface area contributed by atoms with E-state index in [-0.39, 0.29) is 11.5 Å². The first-order valence-corrected chi connectivity index (χ1v) is 9.12. The Balaban J connectivity index is 1.64. The van der Waals surface area contributed by atoms with Crippen LogP contribution < -0.4 is 10.9 Å². The summed E-state index contributed by atoms with van der Waals surface area (Å²) in [5.41, 5.74) is 3.32. The molecule has 0 unspecified atom stereocenters. The largest absolute Gasteiger partial charge is 0.336 e. The lowest BCUT2D eigenvalue weighted by Gasteiger charge is -2.27. The van der Waals surface area contributed by atoms with Crippen molar-refractivity contribution < 1.29 is 4.79 Å². The van der Waals surface area contributed by atoms with Crippen molar-refractivity contribution in [3.63, 3.8) is 0 Å². The van der Waals surface area contributed by atoms with E-state index in [2.05, 4.69) is 10.3 Å². The maximum absolute atomic E-state index is 12.6. The molecule has 6 nitrogen and oxygen atoms in total. The van der Waals surface area contributed by atoms with Gasteiger partial charge in [-0.15, -0.1) is 0 Å². The topological polar surface area (TPSA) is 67.2 Å². The molecule has 27 heavy (non-hydrogen) atoms. The number of piperazine rings is 1. The summed E-state index contributed by atoms with van der Waals surface area (Å²) in [6, 6.07) is 13.3. The minimum absolute atomic E-state index is 0.0407. The SMILES string of the molecule is Cc1nc2cc(-c3ccc(C(=O)N4CCNCC4)cc3)ccc2c(=O)n1C. The van der Waals surface area contributed by atoms with Crippen LogP contribution in [-0.2, 0) is 7.05 Å². The predicted octanol–water partition coefficient (Wildman–Crippen LogP) is 1.95. The zero-order valence-electron chi connectivity index (χ0n) is 15.5. The van der Waals surface area contributed by atoms with Gasteiger partial charge in [-0.25, -0.2) is 4.98 Å². The smallest absolute Gasteiger partial charge is 0.261 e. The number of nitrogens with zero attached hydrogens (tertiary/aromatic N) is 3. The van der Waals surface area contributed by atoms with Crippen molar-refractivity contribution in [1.82, 2.24) is 19.8 Å². The molecule has 1 saturated heterocycles. The van der Waals surface area contributed by atoms with Crippen LogP contribution in [0.2, 0.25) is 0 Å². The Kier molecular flexibility index (Phi) is 4.49. The molecule has 2 heterocycles. The molecule has 2 aromatic carbocycles. The minimum atomic E-state index is -0.0407. The van der Waals surface area contributed by atoms with Crippen LogP contribution in [0.15, 0.2) is 47.3 Å². The Morgan fingerprint density at radius 3 is 2.41 bits per heavy atom. The third-order valence-corrected chi connectivity index (χ3v) is 5.17. The highest BCUT2D eigenvalue weighted by molar-refractivity contribution is 5.95. The molecular formula is C21H22N4O2. The Hall–Kier alpha value is -2.99. The summed E-state index contributed by atoms with van der Waals surface area (Å²) in [6.45, 7) is 4.99. The summed E-state index contributed by atoms with van der Waals surface area (Å²) in [5, 5.41) is 3.86. The number of hydrogen-bond acceptors (Lipinski definition) is 4. The van der Waals surface area contributed by atoms with Crippen molar-refractivity contribution >= 4 is 16.8 Å². The van der Waals surface area contributed by atoms with Gasteiger partial charge in [0.15, 0.2) is 0 Å². The summed E-state index contributed by atoms with van der Waals surface area (Å²) >= 11 is 0. The second kappa shape index (κ2) is 6.96. The molecule has 0 aliphatic carbocycles. The molecule has 0 radical (unpaired) electrons. The number of nitrogens with one attached hydrogen (secondary N) is 1. The number of hydrogen-bond donors (Lipinski definition) is 1.